The molecule has 2 aliphatic rings. The molecule has 3 N–H and O–H groups in total. The van der Waals surface area contributed by atoms with Crippen molar-refractivity contribution in [2.45, 2.75) is 62.2 Å². The molecule has 0 saturated carbocycles. The number of fused-ring (bicyclic) bond motifs is 3. The first-order valence-electron chi connectivity index (χ1n) is 14.1. The molecule has 41 heavy (non-hydrogen) atoms. The number of carbonyl (C=O) groups is 2. The van der Waals surface area contributed by atoms with Gasteiger partial charge in [0.2, 0.25) is 5.91 Å². The van der Waals surface area contributed by atoms with Crippen LogP contribution in [0.3, 0.4) is 0 Å². The Labute approximate surface area is 237 Å². The maximum atomic E-state index is 13.6. The van der Waals surface area contributed by atoms with E-state index in [2.05, 4.69) is 16.0 Å². The molecule has 1 saturated heterocycles. The van der Waals surface area contributed by atoms with Crippen LogP contribution >= 0.6 is 0 Å². The molecule has 1 heterocycles. The number of hydrogen-bond acceptors (Lipinski definition) is 4. The number of halogens is 3. The van der Waals surface area contributed by atoms with Crippen molar-refractivity contribution in [2.24, 2.45) is 0 Å². The van der Waals surface area contributed by atoms with Crippen LogP contribution in [0.15, 0.2) is 78.9 Å². The van der Waals surface area contributed by atoms with Gasteiger partial charge >= 0.3 is 12.3 Å². The fourth-order valence-electron chi connectivity index (χ4n) is 6.21. The largest absolute Gasteiger partial charge is 0.412 e. The second kappa shape index (κ2) is 12.3. The molecule has 1 aliphatic carbocycles. The second-order valence-electron chi connectivity index (χ2n) is 10.8. The maximum Gasteiger partial charge on any atom is 0.412 e. The molecule has 3 aromatic rings. The number of hydrogen-bond donors (Lipinski definition) is 3. The van der Waals surface area contributed by atoms with Crippen molar-refractivity contribution in [3.8, 4) is 16.9 Å². The van der Waals surface area contributed by atoms with Gasteiger partial charge in [-0.3, -0.25) is 4.79 Å². The van der Waals surface area contributed by atoms with Crippen molar-refractivity contribution in [3.05, 3.63) is 90.0 Å². The first kappa shape index (κ1) is 28.7. The number of nitrogens with one attached hydrogen (secondary N) is 3. The zero-order chi connectivity index (χ0) is 28.9. The molecule has 5 rings (SSSR count). The summed E-state index contributed by atoms with van der Waals surface area (Å²) in [7, 11) is 0. The van der Waals surface area contributed by atoms with Gasteiger partial charge in [0.1, 0.15) is 17.7 Å². The summed E-state index contributed by atoms with van der Waals surface area (Å²) in [6, 6.07) is 24.0. The van der Waals surface area contributed by atoms with E-state index >= 15 is 0 Å². The van der Waals surface area contributed by atoms with Crippen molar-refractivity contribution in [2.75, 3.05) is 13.1 Å². The summed E-state index contributed by atoms with van der Waals surface area (Å²) in [5.74, 6) is -0.136. The average Bonchev–Trinajstić information content (AvgIpc) is 3.25. The van der Waals surface area contributed by atoms with Gasteiger partial charge < -0.3 is 20.7 Å². The monoisotopic (exact) mass is 565 g/mol. The summed E-state index contributed by atoms with van der Waals surface area (Å²) < 4.78 is 44.6. The van der Waals surface area contributed by atoms with Crippen LogP contribution in [0, 0.1) is 0 Å². The molecule has 1 aliphatic heterocycles. The standard InChI is InChI=1S/C32H34F3N3O3/c33-32(34,35)21-37-29(39)31(27-15-6-4-13-25(27)26-14-5-7-16-28(26)31)18-9-8-10-22-20-23(17-19-36-22)38-30(40)41-24-11-2-1-3-12-24/h1-7,11-16,22-23,36H,8-10,17-21H2,(H,37,39)(H,38,40). The van der Waals surface area contributed by atoms with Gasteiger partial charge in [-0.15, -0.1) is 0 Å². The van der Waals surface area contributed by atoms with E-state index in [0.29, 0.717) is 18.6 Å². The average molecular weight is 566 g/mol. The van der Waals surface area contributed by atoms with Crippen molar-refractivity contribution in [3.63, 3.8) is 0 Å². The Morgan fingerprint density at radius 3 is 2.20 bits per heavy atom. The molecule has 0 radical (unpaired) electrons. The number of amides is 2. The predicted octanol–water partition coefficient (Wildman–Crippen LogP) is 6.10. The lowest BCUT2D eigenvalue weighted by Crippen LogP contribution is -2.48. The summed E-state index contributed by atoms with van der Waals surface area (Å²) in [6.45, 7) is -0.615. The molecule has 3 aromatic carbocycles. The maximum absolute atomic E-state index is 13.6. The van der Waals surface area contributed by atoms with Crippen LogP contribution in [0.1, 0.15) is 49.7 Å². The number of ether oxygens (including phenoxy) is 1. The van der Waals surface area contributed by atoms with E-state index in [9.17, 15) is 22.8 Å². The molecule has 0 aromatic heterocycles. The van der Waals surface area contributed by atoms with Gasteiger partial charge in [-0.2, -0.15) is 13.2 Å². The molecular formula is C32H34F3N3O3. The highest BCUT2D eigenvalue weighted by Crippen LogP contribution is 2.51. The van der Waals surface area contributed by atoms with Crippen LogP contribution in [0.5, 0.6) is 5.75 Å². The lowest BCUT2D eigenvalue weighted by atomic mass is 9.73. The van der Waals surface area contributed by atoms with Crippen molar-refractivity contribution >= 4 is 12.0 Å². The number of benzene rings is 3. The first-order valence-corrected chi connectivity index (χ1v) is 14.1. The Morgan fingerprint density at radius 1 is 0.902 bits per heavy atom. The van der Waals surface area contributed by atoms with Gasteiger partial charge in [0.05, 0.1) is 0 Å². The Bertz CT molecular complexity index is 1320. The third-order valence-electron chi connectivity index (χ3n) is 8.03. The fraction of sp³-hybridized carbons (Fsp3) is 0.375. The lowest BCUT2D eigenvalue weighted by molar-refractivity contribution is -0.141. The summed E-state index contributed by atoms with van der Waals surface area (Å²) in [5.41, 5.74) is 2.07. The Hall–Kier alpha value is -3.85. The number of rotatable bonds is 9. The molecule has 2 atom stereocenters. The molecular weight excluding hydrogens is 531 g/mol. The normalized spacial score (nSPS) is 19.1. The van der Waals surface area contributed by atoms with Crippen LogP contribution < -0.4 is 20.7 Å². The van der Waals surface area contributed by atoms with Gasteiger partial charge in [0, 0.05) is 12.1 Å². The second-order valence-corrected chi connectivity index (χ2v) is 10.8. The highest BCUT2D eigenvalue weighted by atomic mass is 19.4. The molecule has 2 amide bonds. The molecule has 6 nitrogen and oxygen atoms in total. The number of para-hydroxylation sites is 1. The smallest absolute Gasteiger partial charge is 0.410 e. The molecule has 0 bridgehead atoms. The molecule has 216 valence electrons. The van der Waals surface area contributed by atoms with E-state index in [-0.39, 0.29) is 12.1 Å². The Kier molecular flexibility index (Phi) is 8.63. The van der Waals surface area contributed by atoms with Crippen molar-refractivity contribution < 1.29 is 27.5 Å². The van der Waals surface area contributed by atoms with E-state index < -0.39 is 30.1 Å². The van der Waals surface area contributed by atoms with Crippen molar-refractivity contribution in [1.82, 2.24) is 16.0 Å². The Morgan fingerprint density at radius 2 is 1.54 bits per heavy atom. The highest BCUT2D eigenvalue weighted by molar-refractivity contribution is 6.00. The Balaban J connectivity index is 1.23. The molecule has 2 unspecified atom stereocenters. The van der Waals surface area contributed by atoms with E-state index in [4.69, 9.17) is 4.74 Å². The zero-order valence-electron chi connectivity index (χ0n) is 22.7. The van der Waals surface area contributed by atoms with Crippen LogP contribution in [-0.4, -0.2) is 43.3 Å². The fourth-order valence-corrected chi connectivity index (χ4v) is 6.21. The third kappa shape index (κ3) is 6.56. The van der Waals surface area contributed by atoms with Gasteiger partial charge in [-0.1, -0.05) is 79.6 Å². The SMILES string of the molecule is O=C(NC1CCNC(CCCCC2(C(=O)NCC(F)(F)F)c3ccccc3-c3ccccc32)C1)Oc1ccccc1. The number of unbranched alkanes of at least 4 members (excludes halogenated alkanes) is 1. The summed E-state index contributed by atoms with van der Waals surface area (Å²) in [4.78, 5) is 26.0. The van der Waals surface area contributed by atoms with E-state index in [1.54, 1.807) is 24.3 Å². The predicted molar refractivity (Wildman–Crippen MR) is 151 cm³/mol. The number of carbonyl (C=O) groups excluding carboxylic acids is 2. The third-order valence-corrected chi connectivity index (χ3v) is 8.03. The van der Waals surface area contributed by atoms with Gasteiger partial charge in [0.25, 0.3) is 0 Å². The topological polar surface area (TPSA) is 79.5 Å². The first-order chi connectivity index (χ1) is 19.8. The minimum atomic E-state index is -4.50. The van der Waals surface area contributed by atoms with E-state index in [1.165, 1.54) is 0 Å². The van der Waals surface area contributed by atoms with E-state index in [1.807, 2.05) is 54.6 Å². The zero-order valence-corrected chi connectivity index (χ0v) is 22.7. The quantitative estimate of drug-likeness (QED) is 0.274. The van der Waals surface area contributed by atoms with Gasteiger partial charge in [-0.25, -0.2) is 4.79 Å². The molecule has 9 heteroatoms. The lowest BCUT2D eigenvalue weighted by Gasteiger charge is -2.32. The van der Waals surface area contributed by atoms with Gasteiger partial charge in [-0.05, 0) is 66.6 Å². The van der Waals surface area contributed by atoms with E-state index in [0.717, 1.165) is 54.5 Å². The summed E-state index contributed by atoms with van der Waals surface area (Å²) in [5, 5.41) is 8.65. The molecule has 0 spiro atoms. The van der Waals surface area contributed by atoms with Crippen molar-refractivity contribution in [1.29, 1.82) is 0 Å². The van der Waals surface area contributed by atoms with Crippen LogP contribution in [0.25, 0.3) is 11.1 Å². The van der Waals surface area contributed by atoms with Gasteiger partial charge in [0.15, 0.2) is 0 Å². The van der Waals surface area contributed by atoms with Crippen LogP contribution in [0.2, 0.25) is 0 Å². The summed E-state index contributed by atoms with van der Waals surface area (Å²) in [6.07, 6.45) is -0.820. The highest BCUT2D eigenvalue weighted by Gasteiger charge is 2.49. The number of alkyl halides is 3. The van der Waals surface area contributed by atoms with Crippen LogP contribution in [-0.2, 0) is 10.2 Å². The minimum Gasteiger partial charge on any atom is -0.410 e. The number of piperidine rings is 1. The van der Waals surface area contributed by atoms with Crippen LogP contribution in [0.4, 0.5) is 18.0 Å². The summed E-state index contributed by atoms with van der Waals surface area (Å²) >= 11 is 0. The minimum absolute atomic E-state index is 0.0227. The molecule has 1 fully saturated rings.